The summed E-state index contributed by atoms with van der Waals surface area (Å²) in [6.45, 7) is 3.41. The van der Waals surface area contributed by atoms with Crippen LogP contribution in [0.4, 0.5) is 0 Å². The third-order valence-electron chi connectivity index (χ3n) is 5.71. The predicted molar refractivity (Wildman–Crippen MR) is 116 cm³/mol. The van der Waals surface area contributed by atoms with Gasteiger partial charge in [-0.15, -0.1) is 0 Å². The van der Waals surface area contributed by atoms with Gasteiger partial charge in [0.05, 0.1) is 29.8 Å². The Kier molecular flexibility index (Phi) is 6.25. The summed E-state index contributed by atoms with van der Waals surface area (Å²) in [4.78, 5) is 34.8. The highest BCUT2D eigenvalue weighted by Crippen LogP contribution is 2.23. The molecule has 1 aliphatic heterocycles. The lowest BCUT2D eigenvalue weighted by Gasteiger charge is -2.35. The number of imidazole rings is 1. The van der Waals surface area contributed by atoms with E-state index in [4.69, 9.17) is 9.47 Å². The van der Waals surface area contributed by atoms with Crippen molar-refractivity contribution >= 4 is 22.9 Å². The van der Waals surface area contributed by atoms with Crippen LogP contribution in [0.2, 0.25) is 0 Å². The Labute approximate surface area is 181 Å². The lowest BCUT2D eigenvalue weighted by molar-refractivity contribution is 0.0406. The molecule has 8 heteroatoms. The summed E-state index contributed by atoms with van der Waals surface area (Å²) in [6, 6.07) is 9.42. The number of hydrogen-bond donors (Lipinski definition) is 1. The van der Waals surface area contributed by atoms with Crippen molar-refractivity contribution in [2.75, 3.05) is 19.8 Å². The molecule has 0 bridgehead atoms. The Hall–Kier alpha value is -3.29. The number of nitrogens with zero attached hydrogens (tertiary/aromatic N) is 3. The van der Waals surface area contributed by atoms with E-state index in [2.05, 4.69) is 9.97 Å². The molecule has 1 aromatic carbocycles. The smallest absolute Gasteiger partial charge is 0.338 e. The number of ether oxygens (including phenoxy) is 2. The van der Waals surface area contributed by atoms with Crippen LogP contribution in [0.3, 0.4) is 0 Å². The van der Waals surface area contributed by atoms with Crippen molar-refractivity contribution in [3.8, 4) is 6.01 Å². The molecule has 0 unspecified atom stereocenters. The molecule has 1 aliphatic rings. The number of benzene rings is 1. The lowest BCUT2D eigenvalue weighted by Crippen LogP contribution is -2.44. The quantitative estimate of drug-likeness (QED) is 0.586. The van der Waals surface area contributed by atoms with Crippen LogP contribution in [-0.2, 0) is 11.8 Å². The highest BCUT2D eigenvalue weighted by atomic mass is 16.5. The van der Waals surface area contributed by atoms with Gasteiger partial charge in [-0.2, -0.15) is 4.98 Å². The molecule has 31 heavy (non-hydrogen) atoms. The Morgan fingerprint density at radius 1 is 1.26 bits per heavy atom. The summed E-state index contributed by atoms with van der Waals surface area (Å²) in [5, 5.41) is 0. The first kappa shape index (κ1) is 21.0. The van der Waals surface area contributed by atoms with Gasteiger partial charge >= 0.3 is 5.97 Å². The number of piperidine rings is 1. The summed E-state index contributed by atoms with van der Waals surface area (Å²) < 4.78 is 12.7. The van der Waals surface area contributed by atoms with E-state index in [1.165, 1.54) is 0 Å². The van der Waals surface area contributed by atoms with E-state index in [1.54, 1.807) is 18.2 Å². The zero-order valence-electron chi connectivity index (χ0n) is 18.0. The van der Waals surface area contributed by atoms with Gasteiger partial charge in [-0.1, -0.05) is 0 Å². The molecule has 1 saturated heterocycles. The molecule has 1 fully saturated rings. The van der Waals surface area contributed by atoms with Gasteiger partial charge in [0, 0.05) is 32.3 Å². The number of H-pyrrole nitrogens is 1. The number of nitrogens with one attached hydrogen (secondary N) is 1. The Morgan fingerprint density at radius 3 is 2.90 bits per heavy atom. The van der Waals surface area contributed by atoms with Crippen molar-refractivity contribution in [2.24, 2.45) is 7.05 Å². The fraction of sp³-hybridized carbons (Fsp3) is 0.435. The van der Waals surface area contributed by atoms with E-state index in [0.29, 0.717) is 30.3 Å². The van der Waals surface area contributed by atoms with E-state index in [-0.39, 0.29) is 24.5 Å². The average Bonchev–Trinajstić information content (AvgIpc) is 3.38. The first-order valence-corrected chi connectivity index (χ1v) is 10.8. The SMILES string of the molecule is CCOc1nc2ccc(C(=O)OCC[C@@H]3CCCCN3C(=O)c3cccn3C)cc2[nH]1. The van der Waals surface area contributed by atoms with Gasteiger partial charge < -0.3 is 23.9 Å². The van der Waals surface area contributed by atoms with Crippen LogP contribution < -0.4 is 4.74 Å². The summed E-state index contributed by atoms with van der Waals surface area (Å²) in [5.74, 6) is -0.344. The Morgan fingerprint density at radius 2 is 2.13 bits per heavy atom. The number of aromatic amines is 1. The molecule has 0 spiro atoms. The summed E-state index contributed by atoms with van der Waals surface area (Å²) in [6.07, 6.45) is 5.51. The van der Waals surface area contributed by atoms with Crippen LogP contribution in [0.15, 0.2) is 36.5 Å². The molecule has 164 valence electrons. The van der Waals surface area contributed by atoms with Crippen LogP contribution >= 0.6 is 0 Å². The number of amides is 1. The maximum Gasteiger partial charge on any atom is 0.338 e. The van der Waals surface area contributed by atoms with Crippen molar-refractivity contribution in [3.63, 3.8) is 0 Å². The average molecular weight is 425 g/mol. The third kappa shape index (κ3) is 4.57. The monoisotopic (exact) mass is 424 g/mol. The van der Waals surface area contributed by atoms with Gasteiger partial charge in [-0.25, -0.2) is 4.79 Å². The molecule has 1 N–H and O–H groups in total. The highest BCUT2D eigenvalue weighted by molar-refractivity contribution is 5.94. The second-order valence-electron chi connectivity index (χ2n) is 7.78. The van der Waals surface area contributed by atoms with E-state index in [0.717, 1.165) is 36.8 Å². The summed E-state index contributed by atoms with van der Waals surface area (Å²) >= 11 is 0. The minimum Gasteiger partial charge on any atom is -0.465 e. The van der Waals surface area contributed by atoms with Crippen molar-refractivity contribution in [1.82, 2.24) is 19.4 Å². The molecule has 4 rings (SSSR count). The maximum atomic E-state index is 13.0. The first-order chi connectivity index (χ1) is 15.1. The molecule has 8 nitrogen and oxygen atoms in total. The summed E-state index contributed by atoms with van der Waals surface area (Å²) in [5.41, 5.74) is 2.60. The number of rotatable bonds is 7. The maximum absolute atomic E-state index is 13.0. The molecule has 0 radical (unpaired) electrons. The molecule has 3 aromatic rings. The van der Waals surface area contributed by atoms with Crippen molar-refractivity contribution in [1.29, 1.82) is 0 Å². The number of fused-ring (bicyclic) bond motifs is 1. The van der Waals surface area contributed by atoms with Gasteiger partial charge in [0.25, 0.3) is 11.9 Å². The Balaban J connectivity index is 1.36. The predicted octanol–water partition coefficient (Wildman–Crippen LogP) is 3.54. The summed E-state index contributed by atoms with van der Waals surface area (Å²) in [7, 11) is 1.88. The molecule has 0 aliphatic carbocycles. The second kappa shape index (κ2) is 9.24. The number of aryl methyl sites for hydroxylation is 1. The van der Waals surface area contributed by atoms with Crippen LogP contribution in [0.25, 0.3) is 11.0 Å². The number of hydrogen-bond acceptors (Lipinski definition) is 5. The minimum absolute atomic E-state index is 0.0401. The lowest BCUT2D eigenvalue weighted by atomic mass is 9.99. The molecule has 1 amide bonds. The number of carbonyl (C=O) groups is 2. The van der Waals surface area contributed by atoms with Gasteiger partial charge in [0.2, 0.25) is 0 Å². The number of aromatic nitrogens is 3. The van der Waals surface area contributed by atoms with Gasteiger partial charge in [-0.3, -0.25) is 4.79 Å². The van der Waals surface area contributed by atoms with Crippen molar-refractivity contribution < 1.29 is 19.1 Å². The third-order valence-corrected chi connectivity index (χ3v) is 5.71. The second-order valence-corrected chi connectivity index (χ2v) is 7.78. The molecular formula is C23H28N4O4. The van der Waals surface area contributed by atoms with E-state index in [1.807, 2.05) is 41.8 Å². The molecule has 3 heterocycles. The van der Waals surface area contributed by atoms with Crippen LogP contribution in [0, 0.1) is 0 Å². The molecule has 1 atom stereocenters. The highest BCUT2D eigenvalue weighted by Gasteiger charge is 2.28. The molecule has 0 saturated carbocycles. The van der Waals surface area contributed by atoms with Crippen molar-refractivity contribution in [2.45, 2.75) is 38.6 Å². The number of carbonyl (C=O) groups excluding carboxylic acids is 2. The van der Waals surface area contributed by atoms with Gasteiger partial charge in [0.1, 0.15) is 5.69 Å². The van der Waals surface area contributed by atoms with E-state index < -0.39 is 0 Å². The van der Waals surface area contributed by atoms with Gasteiger partial charge in [0.15, 0.2) is 0 Å². The van der Waals surface area contributed by atoms with E-state index >= 15 is 0 Å². The van der Waals surface area contributed by atoms with Gasteiger partial charge in [-0.05, 0) is 56.5 Å². The molecular weight excluding hydrogens is 396 g/mol. The zero-order chi connectivity index (χ0) is 21.8. The van der Waals surface area contributed by atoms with Crippen LogP contribution in [-0.4, -0.2) is 57.1 Å². The fourth-order valence-corrected chi connectivity index (χ4v) is 4.09. The van der Waals surface area contributed by atoms with E-state index in [9.17, 15) is 9.59 Å². The number of likely N-dealkylation sites (tertiary alicyclic amines) is 1. The first-order valence-electron chi connectivity index (χ1n) is 10.8. The normalized spacial score (nSPS) is 16.5. The zero-order valence-corrected chi connectivity index (χ0v) is 18.0. The van der Waals surface area contributed by atoms with Crippen molar-refractivity contribution in [3.05, 3.63) is 47.8 Å². The fourth-order valence-electron chi connectivity index (χ4n) is 4.09. The van der Waals surface area contributed by atoms with Crippen LogP contribution in [0.1, 0.15) is 53.5 Å². The van der Waals surface area contributed by atoms with Crippen LogP contribution in [0.5, 0.6) is 6.01 Å². The minimum atomic E-state index is -0.384. The Bertz CT molecular complexity index is 1070. The topological polar surface area (TPSA) is 89.4 Å². The standard InChI is InChI=1S/C23H28N4O4/c1-3-30-23-24-18-10-9-16(15-19(18)25-23)22(29)31-14-11-17-7-4-5-13-27(17)21(28)20-8-6-12-26(20)2/h6,8-10,12,15,17H,3-5,7,11,13-14H2,1-2H3,(H,24,25)/t17-/m0/s1. The largest absolute Gasteiger partial charge is 0.465 e. The molecule has 2 aromatic heterocycles. The number of esters is 1.